The van der Waals surface area contributed by atoms with Gasteiger partial charge in [-0.15, -0.1) is 0 Å². The van der Waals surface area contributed by atoms with E-state index in [2.05, 4.69) is 15.9 Å². The van der Waals surface area contributed by atoms with Crippen molar-refractivity contribution in [2.24, 2.45) is 0 Å². The van der Waals surface area contributed by atoms with Crippen LogP contribution in [0, 0.1) is 0 Å². The van der Waals surface area contributed by atoms with Crippen LogP contribution in [0.15, 0.2) is 18.2 Å². The Bertz CT molecular complexity index is 666. The van der Waals surface area contributed by atoms with Gasteiger partial charge in [0.15, 0.2) is 0 Å². The fourth-order valence-electron chi connectivity index (χ4n) is 4.53. The summed E-state index contributed by atoms with van der Waals surface area (Å²) in [5, 5.41) is 0.724. The van der Waals surface area contributed by atoms with E-state index in [1.807, 2.05) is 17.0 Å². The van der Waals surface area contributed by atoms with Gasteiger partial charge in [0.05, 0.1) is 6.54 Å². The van der Waals surface area contributed by atoms with Crippen molar-refractivity contribution >= 4 is 17.5 Å². The molecule has 1 amide bonds. The second-order valence-corrected chi connectivity index (χ2v) is 8.80. The van der Waals surface area contributed by atoms with Gasteiger partial charge in [0, 0.05) is 24.7 Å². The second-order valence-electron chi connectivity index (χ2n) is 8.36. The van der Waals surface area contributed by atoms with Crippen LogP contribution >= 0.6 is 11.6 Å². The van der Waals surface area contributed by atoms with E-state index in [4.69, 9.17) is 16.3 Å². The molecular weight excluding hydrogens is 374 g/mol. The molecule has 0 aromatic heterocycles. The highest BCUT2D eigenvalue weighted by Crippen LogP contribution is 2.36. The first kappa shape index (κ1) is 20.0. The minimum Gasteiger partial charge on any atom is -0.492 e. The number of benzene rings is 1. The average molecular weight is 406 g/mol. The number of carbonyl (C=O) groups is 1. The van der Waals surface area contributed by atoms with Gasteiger partial charge < -0.3 is 9.64 Å². The molecule has 3 heterocycles. The van der Waals surface area contributed by atoms with Crippen LogP contribution in [0.3, 0.4) is 0 Å². The first-order valence-electron chi connectivity index (χ1n) is 10.8. The summed E-state index contributed by atoms with van der Waals surface area (Å²) in [6.45, 7) is 8.49. The van der Waals surface area contributed by atoms with Crippen LogP contribution in [-0.2, 0) is 4.79 Å². The molecule has 28 heavy (non-hydrogen) atoms. The summed E-state index contributed by atoms with van der Waals surface area (Å²) < 4.78 is 6.17. The van der Waals surface area contributed by atoms with Crippen molar-refractivity contribution in [1.29, 1.82) is 0 Å². The lowest BCUT2D eigenvalue weighted by atomic mass is 9.88. The SMILES string of the molecule is O=C(CN1CCC1)N1CCC(c2ccc(Cl)cc2OCCN2CCCC2)CC1. The highest BCUT2D eigenvalue weighted by molar-refractivity contribution is 6.30. The molecule has 1 aromatic carbocycles. The molecule has 3 fully saturated rings. The zero-order chi connectivity index (χ0) is 19.3. The molecule has 3 aliphatic heterocycles. The van der Waals surface area contributed by atoms with Crippen molar-refractivity contribution in [2.45, 2.75) is 38.0 Å². The smallest absolute Gasteiger partial charge is 0.236 e. The minimum absolute atomic E-state index is 0.288. The molecule has 0 atom stereocenters. The van der Waals surface area contributed by atoms with Crippen LogP contribution in [0.4, 0.5) is 0 Å². The summed E-state index contributed by atoms with van der Waals surface area (Å²) >= 11 is 6.25. The molecule has 0 N–H and O–H groups in total. The third kappa shape index (κ3) is 5.00. The standard InChI is InChI=1S/C22H32ClN3O2/c23-19-4-5-20(21(16-19)28-15-14-24-8-1-2-9-24)18-6-12-26(13-7-18)22(27)17-25-10-3-11-25/h4-5,16,18H,1-3,6-15,17H2. The van der Waals surface area contributed by atoms with Crippen LogP contribution in [0.25, 0.3) is 0 Å². The van der Waals surface area contributed by atoms with Crippen molar-refractivity contribution in [3.63, 3.8) is 0 Å². The van der Waals surface area contributed by atoms with E-state index in [1.165, 1.54) is 37.9 Å². The number of halogens is 1. The number of nitrogens with zero attached hydrogens (tertiary/aromatic N) is 3. The Morgan fingerprint density at radius 2 is 1.71 bits per heavy atom. The number of hydrogen-bond acceptors (Lipinski definition) is 4. The molecule has 0 radical (unpaired) electrons. The van der Waals surface area contributed by atoms with Crippen LogP contribution in [0.5, 0.6) is 5.75 Å². The summed E-state index contributed by atoms with van der Waals surface area (Å²) in [4.78, 5) is 19.2. The molecular formula is C22H32ClN3O2. The van der Waals surface area contributed by atoms with E-state index in [9.17, 15) is 4.79 Å². The van der Waals surface area contributed by atoms with Crippen molar-refractivity contribution in [3.05, 3.63) is 28.8 Å². The van der Waals surface area contributed by atoms with Crippen molar-refractivity contribution < 1.29 is 9.53 Å². The van der Waals surface area contributed by atoms with Crippen molar-refractivity contribution in [3.8, 4) is 5.75 Å². The van der Waals surface area contributed by atoms with Crippen molar-refractivity contribution in [1.82, 2.24) is 14.7 Å². The second kappa shape index (κ2) is 9.47. The minimum atomic E-state index is 0.288. The summed E-state index contributed by atoms with van der Waals surface area (Å²) in [6.07, 6.45) is 5.83. The normalized spacial score (nSPS) is 21.7. The molecule has 154 valence electrons. The van der Waals surface area contributed by atoms with E-state index in [-0.39, 0.29) is 5.91 Å². The number of carbonyl (C=O) groups excluding carboxylic acids is 1. The molecule has 0 unspecified atom stereocenters. The number of amides is 1. The maximum atomic E-state index is 12.5. The van der Waals surface area contributed by atoms with Gasteiger partial charge in [-0.3, -0.25) is 14.6 Å². The fraction of sp³-hybridized carbons (Fsp3) is 0.682. The predicted octanol–water partition coefficient (Wildman–Crippen LogP) is 3.23. The summed E-state index contributed by atoms with van der Waals surface area (Å²) in [5.74, 6) is 1.65. The predicted molar refractivity (Wildman–Crippen MR) is 112 cm³/mol. The molecule has 0 saturated carbocycles. The Morgan fingerprint density at radius 1 is 1.00 bits per heavy atom. The van der Waals surface area contributed by atoms with Gasteiger partial charge in [-0.25, -0.2) is 0 Å². The summed E-state index contributed by atoms with van der Waals surface area (Å²) in [6, 6.07) is 6.05. The molecule has 5 nitrogen and oxygen atoms in total. The van der Waals surface area contributed by atoms with Gasteiger partial charge in [0.1, 0.15) is 12.4 Å². The Morgan fingerprint density at radius 3 is 2.39 bits per heavy atom. The van der Waals surface area contributed by atoms with E-state index >= 15 is 0 Å². The molecule has 3 aliphatic rings. The molecule has 6 heteroatoms. The highest BCUT2D eigenvalue weighted by Gasteiger charge is 2.27. The first-order valence-corrected chi connectivity index (χ1v) is 11.2. The molecule has 0 bridgehead atoms. The first-order chi connectivity index (χ1) is 13.7. The Kier molecular flexibility index (Phi) is 6.76. The Hall–Kier alpha value is -1.30. The number of likely N-dealkylation sites (tertiary alicyclic amines) is 3. The van der Waals surface area contributed by atoms with E-state index < -0.39 is 0 Å². The number of hydrogen-bond donors (Lipinski definition) is 0. The monoisotopic (exact) mass is 405 g/mol. The molecule has 4 rings (SSSR count). The molecule has 0 spiro atoms. The topological polar surface area (TPSA) is 36.0 Å². The van der Waals surface area contributed by atoms with Crippen LogP contribution in [0.1, 0.15) is 43.6 Å². The number of rotatable bonds is 7. The lowest BCUT2D eigenvalue weighted by molar-refractivity contribution is -0.134. The highest BCUT2D eigenvalue weighted by atomic mass is 35.5. The molecule has 0 aliphatic carbocycles. The van der Waals surface area contributed by atoms with Crippen LogP contribution < -0.4 is 4.74 Å². The quantitative estimate of drug-likeness (QED) is 0.697. The van der Waals surface area contributed by atoms with E-state index in [1.54, 1.807) is 0 Å². The summed E-state index contributed by atoms with van der Waals surface area (Å²) in [5.41, 5.74) is 1.25. The number of ether oxygens (including phenoxy) is 1. The van der Waals surface area contributed by atoms with Gasteiger partial charge >= 0.3 is 0 Å². The fourth-order valence-corrected chi connectivity index (χ4v) is 4.69. The van der Waals surface area contributed by atoms with Crippen molar-refractivity contribution in [2.75, 3.05) is 59.0 Å². The lowest BCUT2D eigenvalue weighted by Gasteiger charge is -2.36. The maximum Gasteiger partial charge on any atom is 0.236 e. The Labute approximate surface area is 173 Å². The van der Waals surface area contributed by atoms with Gasteiger partial charge in [-0.1, -0.05) is 17.7 Å². The van der Waals surface area contributed by atoms with Gasteiger partial charge in [-0.2, -0.15) is 0 Å². The zero-order valence-electron chi connectivity index (χ0n) is 16.7. The van der Waals surface area contributed by atoms with E-state index in [0.717, 1.165) is 56.3 Å². The van der Waals surface area contributed by atoms with Gasteiger partial charge in [0.25, 0.3) is 0 Å². The average Bonchev–Trinajstić information content (AvgIpc) is 3.18. The molecule has 1 aromatic rings. The lowest BCUT2D eigenvalue weighted by Crippen LogP contribution is -2.47. The number of piperidine rings is 1. The third-order valence-corrected chi connectivity index (χ3v) is 6.67. The maximum absolute atomic E-state index is 12.5. The van der Waals surface area contributed by atoms with Gasteiger partial charge in [-0.05, 0) is 81.9 Å². The third-order valence-electron chi connectivity index (χ3n) is 6.43. The Balaban J connectivity index is 1.31. The van der Waals surface area contributed by atoms with Crippen LogP contribution in [-0.4, -0.2) is 79.6 Å². The largest absolute Gasteiger partial charge is 0.492 e. The molecule has 3 saturated heterocycles. The zero-order valence-corrected chi connectivity index (χ0v) is 17.5. The van der Waals surface area contributed by atoms with E-state index in [0.29, 0.717) is 19.1 Å². The summed E-state index contributed by atoms with van der Waals surface area (Å²) in [7, 11) is 0. The van der Waals surface area contributed by atoms with Gasteiger partial charge in [0.2, 0.25) is 5.91 Å². The van der Waals surface area contributed by atoms with Crippen LogP contribution in [0.2, 0.25) is 5.02 Å².